The zero-order valence-electron chi connectivity index (χ0n) is 20.4. The van der Waals surface area contributed by atoms with Crippen LogP contribution in [0.5, 0.6) is 11.5 Å². The first-order valence-corrected chi connectivity index (χ1v) is 12.1. The van der Waals surface area contributed by atoms with Crippen LogP contribution in [0.25, 0.3) is 21.9 Å². The molecular weight excluding hydrogens is 476 g/mol. The van der Waals surface area contributed by atoms with Gasteiger partial charge in [-0.2, -0.15) is 5.10 Å². The van der Waals surface area contributed by atoms with Crippen molar-refractivity contribution in [1.82, 2.24) is 5.43 Å². The Morgan fingerprint density at radius 3 is 2.13 bits per heavy atom. The SMILES string of the molecule is O=C(COc1ccc(-c2ccccc2)cc1)NN=Cc1c(OC(=O)c2ccccc2)ccc2ccccc12. The summed E-state index contributed by atoms with van der Waals surface area (Å²) in [5.74, 6) is 0.0148. The van der Waals surface area contributed by atoms with Crippen LogP contribution in [0.3, 0.4) is 0 Å². The highest BCUT2D eigenvalue weighted by molar-refractivity contribution is 6.04. The number of ether oxygens (including phenoxy) is 2. The second kappa shape index (κ2) is 11.7. The highest BCUT2D eigenvalue weighted by atomic mass is 16.5. The summed E-state index contributed by atoms with van der Waals surface area (Å²) in [6, 6.07) is 37.5. The molecular formula is C32H24N2O4. The van der Waals surface area contributed by atoms with Gasteiger partial charge < -0.3 is 9.47 Å². The third-order valence-electron chi connectivity index (χ3n) is 5.86. The first-order chi connectivity index (χ1) is 18.7. The van der Waals surface area contributed by atoms with Crippen molar-refractivity contribution in [1.29, 1.82) is 0 Å². The Balaban J connectivity index is 1.25. The van der Waals surface area contributed by atoms with Gasteiger partial charge in [0, 0.05) is 5.56 Å². The molecule has 186 valence electrons. The summed E-state index contributed by atoms with van der Waals surface area (Å²) in [4.78, 5) is 25.0. The third-order valence-corrected chi connectivity index (χ3v) is 5.86. The molecule has 38 heavy (non-hydrogen) atoms. The van der Waals surface area contributed by atoms with Crippen LogP contribution >= 0.6 is 0 Å². The lowest BCUT2D eigenvalue weighted by Crippen LogP contribution is -2.24. The van der Waals surface area contributed by atoms with Crippen LogP contribution in [0.2, 0.25) is 0 Å². The molecule has 5 aromatic rings. The third kappa shape index (κ3) is 5.94. The van der Waals surface area contributed by atoms with E-state index in [0.717, 1.165) is 21.9 Å². The van der Waals surface area contributed by atoms with Gasteiger partial charge in [0.2, 0.25) is 0 Å². The van der Waals surface area contributed by atoms with Crippen molar-refractivity contribution in [2.24, 2.45) is 5.10 Å². The fraction of sp³-hybridized carbons (Fsp3) is 0.0312. The molecule has 6 heteroatoms. The van der Waals surface area contributed by atoms with Crippen LogP contribution in [0, 0.1) is 0 Å². The number of nitrogens with one attached hydrogen (secondary N) is 1. The molecule has 0 radical (unpaired) electrons. The van der Waals surface area contributed by atoms with Crippen molar-refractivity contribution in [3.05, 3.63) is 132 Å². The van der Waals surface area contributed by atoms with E-state index in [4.69, 9.17) is 9.47 Å². The van der Waals surface area contributed by atoms with E-state index in [-0.39, 0.29) is 6.61 Å². The number of hydrazone groups is 1. The molecule has 1 amide bonds. The van der Waals surface area contributed by atoms with Gasteiger partial charge in [-0.15, -0.1) is 0 Å². The number of carbonyl (C=O) groups excluding carboxylic acids is 2. The average Bonchev–Trinajstić information content (AvgIpc) is 2.98. The first kappa shape index (κ1) is 24.5. The van der Waals surface area contributed by atoms with Crippen molar-refractivity contribution >= 4 is 28.9 Å². The van der Waals surface area contributed by atoms with Gasteiger partial charge in [0.15, 0.2) is 6.61 Å². The fourth-order valence-corrected chi connectivity index (χ4v) is 3.95. The minimum absolute atomic E-state index is 0.201. The number of fused-ring (bicyclic) bond motifs is 1. The van der Waals surface area contributed by atoms with Gasteiger partial charge in [-0.3, -0.25) is 4.79 Å². The summed E-state index contributed by atoms with van der Waals surface area (Å²) in [6.45, 7) is -0.201. The van der Waals surface area contributed by atoms with Gasteiger partial charge in [-0.05, 0) is 52.2 Å². The summed E-state index contributed by atoms with van der Waals surface area (Å²) < 4.78 is 11.3. The molecule has 5 aromatic carbocycles. The number of hydrogen-bond acceptors (Lipinski definition) is 5. The van der Waals surface area contributed by atoms with Crippen molar-refractivity contribution in [3.8, 4) is 22.6 Å². The molecule has 0 unspecified atom stereocenters. The molecule has 5 rings (SSSR count). The van der Waals surface area contributed by atoms with E-state index in [1.54, 1.807) is 30.3 Å². The highest BCUT2D eigenvalue weighted by Gasteiger charge is 2.13. The maximum absolute atomic E-state index is 12.7. The standard InChI is InChI=1S/C32H24N2O4/c35-31(22-37-27-18-15-24(16-19-27)23-9-3-1-4-10-23)34-33-21-29-28-14-8-7-11-25(28)17-20-30(29)38-32(36)26-12-5-2-6-13-26/h1-21H,22H2,(H,34,35). The zero-order chi connectivity index (χ0) is 26.2. The summed E-state index contributed by atoms with van der Waals surface area (Å²) in [6.07, 6.45) is 1.47. The predicted octanol–water partition coefficient (Wildman–Crippen LogP) is 6.26. The molecule has 0 bridgehead atoms. The van der Waals surface area contributed by atoms with Gasteiger partial charge in [0.25, 0.3) is 5.91 Å². The summed E-state index contributed by atoms with van der Waals surface area (Å²) >= 11 is 0. The monoisotopic (exact) mass is 500 g/mol. The predicted molar refractivity (Wildman–Crippen MR) is 148 cm³/mol. The molecule has 0 saturated carbocycles. The van der Waals surface area contributed by atoms with E-state index in [1.165, 1.54) is 6.21 Å². The van der Waals surface area contributed by atoms with Crippen LogP contribution in [0.1, 0.15) is 15.9 Å². The fourth-order valence-electron chi connectivity index (χ4n) is 3.95. The molecule has 6 nitrogen and oxygen atoms in total. The first-order valence-electron chi connectivity index (χ1n) is 12.1. The van der Waals surface area contributed by atoms with Gasteiger partial charge in [-0.25, -0.2) is 10.2 Å². The minimum atomic E-state index is -0.480. The summed E-state index contributed by atoms with van der Waals surface area (Å²) in [5, 5.41) is 5.88. The van der Waals surface area contributed by atoms with Gasteiger partial charge in [0.05, 0.1) is 11.8 Å². The molecule has 0 heterocycles. The van der Waals surface area contributed by atoms with Crippen LogP contribution in [-0.4, -0.2) is 24.7 Å². The average molecular weight is 501 g/mol. The minimum Gasteiger partial charge on any atom is -0.484 e. The number of hydrogen-bond donors (Lipinski definition) is 1. The Labute approximate surface area is 220 Å². The van der Waals surface area contributed by atoms with Crippen molar-refractivity contribution in [2.75, 3.05) is 6.61 Å². The molecule has 0 atom stereocenters. The number of carbonyl (C=O) groups is 2. The Bertz CT molecular complexity index is 1580. The number of rotatable bonds is 8. The van der Waals surface area contributed by atoms with E-state index in [2.05, 4.69) is 10.5 Å². The Morgan fingerprint density at radius 2 is 1.37 bits per heavy atom. The topological polar surface area (TPSA) is 77.0 Å². The summed E-state index contributed by atoms with van der Waals surface area (Å²) in [7, 11) is 0. The smallest absolute Gasteiger partial charge is 0.343 e. The van der Waals surface area contributed by atoms with Crippen LogP contribution in [-0.2, 0) is 4.79 Å². The lowest BCUT2D eigenvalue weighted by molar-refractivity contribution is -0.123. The number of benzene rings is 5. The van der Waals surface area contributed by atoms with E-state index < -0.39 is 11.9 Å². The van der Waals surface area contributed by atoms with E-state index in [9.17, 15) is 9.59 Å². The van der Waals surface area contributed by atoms with Crippen molar-refractivity contribution in [3.63, 3.8) is 0 Å². The molecule has 0 saturated heterocycles. The maximum atomic E-state index is 12.7. The van der Waals surface area contributed by atoms with E-state index >= 15 is 0 Å². The van der Waals surface area contributed by atoms with Crippen molar-refractivity contribution < 1.29 is 19.1 Å². The Kier molecular flexibility index (Phi) is 7.51. The van der Waals surface area contributed by atoms with Crippen LogP contribution in [0.15, 0.2) is 126 Å². The lowest BCUT2D eigenvalue weighted by atomic mass is 10.0. The Hall–Kier alpha value is -5.23. The quantitative estimate of drug-likeness (QED) is 0.118. The molecule has 1 N–H and O–H groups in total. The molecule has 0 aliphatic rings. The molecule has 0 aromatic heterocycles. The van der Waals surface area contributed by atoms with Gasteiger partial charge >= 0.3 is 5.97 Å². The molecule has 0 aliphatic carbocycles. The molecule has 0 spiro atoms. The van der Waals surface area contributed by atoms with Crippen LogP contribution in [0.4, 0.5) is 0 Å². The van der Waals surface area contributed by atoms with Crippen molar-refractivity contribution in [2.45, 2.75) is 0 Å². The largest absolute Gasteiger partial charge is 0.484 e. The number of nitrogens with zero attached hydrogens (tertiary/aromatic N) is 1. The molecule has 0 aliphatic heterocycles. The van der Waals surface area contributed by atoms with Gasteiger partial charge in [0.1, 0.15) is 11.5 Å². The highest BCUT2D eigenvalue weighted by Crippen LogP contribution is 2.27. The normalized spacial score (nSPS) is 10.8. The number of esters is 1. The maximum Gasteiger partial charge on any atom is 0.343 e. The van der Waals surface area contributed by atoms with E-state index in [1.807, 2.05) is 91.0 Å². The van der Waals surface area contributed by atoms with E-state index in [0.29, 0.717) is 22.6 Å². The van der Waals surface area contributed by atoms with Gasteiger partial charge in [-0.1, -0.05) is 91.0 Å². The Morgan fingerprint density at radius 1 is 0.711 bits per heavy atom. The second-order valence-corrected chi connectivity index (χ2v) is 8.43. The molecule has 0 fully saturated rings. The zero-order valence-corrected chi connectivity index (χ0v) is 20.4. The lowest BCUT2D eigenvalue weighted by Gasteiger charge is -2.10. The second-order valence-electron chi connectivity index (χ2n) is 8.43. The van der Waals surface area contributed by atoms with Crippen LogP contribution < -0.4 is 14.9 Å². The summed E-state index contributed by atoms with van der Waals surface area (Å²) in [5.41, 5.74) is 5.66. The number of amides is 1.